The maximum absolute atomic E-state index is 13.2. The molecule has 3 aromatic heterocycles. The average Bonchev–Trinajstić information content (AvgIpc) is 2.76. The molecule has 0 fully saturated rings. The van der Waals surface area contributed by atoms with Crippen molar-refractivity contribution in [1.82, 2.24) is 14.0 Å². The van der Waals surface area contributed by atoms with E-state index < -0.39 is 0 Å². The summed E-state index contributed by atoms with van der Waals surface area (Å²) in [5, 5.41) is 11.8. The zero-order valence-corrected chi connectivity index (χ0v) is 18.4. The molecule has 0 bridgehead atoms. The molecule has 0 saturated carbocycles. The summed E-state index contributed by atoms with van der Waals surface area (Å²) in [4.78, 5) is 34.6. The van der Waals surface area contributed by atoms with Gasteiger partial charge in [0.25, 0.3) is 11.5 Å². The molecule has 0 N–H and O–H groups in total. The predicted molar refractivity (Wildman–Crippen MR) is 124 cm³/mol. The Kier molecular flexibility index (Phi) is 7.21. The highest BCUT2D eigenvalue weighted by atomic mass is 32.2. The highest BCUT2D eigenvalue weighted by Gasteiger charge is 2.15. The number of unbranched alkanes of at least 4 members (excludes halogenated alkanes) is 1. The number of carbonyl (C=O) groups is 1. The number of pyridine rings is 2. The summed E-state index contributed by atoms with van der Waals surface area (Å²) in [6.07, 6.45) is 6.71. The Bertz CT molecular complexity index is 1360. The van der Waals surface area contributed by atoms with E-state index >= 15 is 0 Å². The van der Waals surface area contributed by atoms with Crippen LogP contribution in [0.5, 0.6) is 0 Å². The van der Waals surface area contributed by atoms with E-state index in [-0.39, 0.29) is 28.3 Å². The quantitative estimate of drug-likeness (QED) is 0.420. The molecule has 3 heterocycles. The van der Waals surface area contributed by atoms with Crippen LogP contribution in [0.1, 0.15) is 30.9 Å². The van der Waals surface area contributed by atoms with E-state index in [0.717, 1.165) is 18.4 Å². The van der Waals surface area contributed by atoms with Crippen LogP contribution in [0.15, 0.2) is 58.3 Å². The zero-order chi connectivity index (χ0) is 22.4. The van der Waals surface area contributed by atoms with Gasteiger partial charge in [-0.15, -0.1) is 11.8 Å². The van der Waals surface area contributed by atoms with E-state index in [2.05, 4.69) is 17.6 Å². The Morgan fingerprint density at radius 2 is 2.23 bits per heavy atom. The summed E-state index contributed by atoms with van der Waals surface area (Å²) >= 11 is 1.30. The average molecular weight is 434 g/mol. The van der Waals surface area contributed by atoms with Gasteiger partial charge in [-0.25, -0.2) is 4.98 Å². The lowest BCUT2D eigenvalue weighted by Gasteiger charge is -2.13. The van der Waals surface area contributed by atoms with Gasteiger partial charge in [0.05, 0.1) is 16.7 Å². The Hall–Kier alpha value is -3.44. The van der Waals surface area contributed by atoms with Gasteiger partial charge in [0, 0.05) is 12.7 Å². The minimum Gasteiger partial charge on any atom is -0.309 e. The van der Waals surface area contributed by atoms with Gasteiger partial charge in [0.1, 0.15) is 17.4 Å². The number of aryl methyl sites for hydroxylation is 2. The van der Waals surface area contributed by atoms with Gasteiger partial charge in [-0.3, -0.25) is 14.0 Å². The summed E-state index contributed by atoms with van der Waals surface area (Å²) in [6, 6.07) is 7.25. The number of hydrogen-bond donors (Lipinski definition) is 0. The van der Waals surface area contributed by atoms with E-state index in [1.807, 2.05) is 19.9 Å². The molecule has 31 heavy (non-hydrogen) atoms. The van der Waals surface area contributed by atoms with Crippen molar-refractivity contribution < 1.29 is 4.79 Å². The van der Waals surface area contributed by atoms with Crippen molar-refractivity contribution in [2.75, 3.05) is 5.75 Å². The van der Waals surface area contributed by atoms with Crippen molar-refractivity contribution in [2.24, 2.45) is 4.99 Å². The van der Waals surface area contributed by atoms with Crippen molar-refractivity contribution in [1.29, 1.82) is 5.26 Å². The minimum atomic E-state index is -0.367. The third kappa shape index (κ3) is 4.67. The molecule has 0 atom stereocenters. The lowest BCUT2D eigenvalue weighted by molar-refractivity contribution is -0.115. The second-order valence-corrected chi connectivity index (χ2v) is 7.81. The molecule has 0 radical (unpaired) electrons. The van der Waals surface area contributed by atoms with Crippen LogP contribution >= 0.6 is 11.8 Å². The summed E-state index contributed by atoms with van der Waals surface area (Å²) in [5.74, 6) is -0.234. The van der Waals surface area contributed by atoms with Crippen molar-refractivity contribution in [3.63, 3.8) is 0 Å². The molecule has 0 aliphatic rings. The molecule has 0 aliphatic carbocycles. The molecule has 8 heteroatoms. The van der Waals surface area contributed by atoms with E-state index in [0.29, 0.717) is 23.2 Å². The third-order valence-electron chi connectivity index (χ3n) is 4.71. The molecule has 3 rings (SSSR count). The zero-order valence-electron chi connectivity index (χ0n) is 17.5. The maximum atomic E-state index is 13.2. The van der Waals surface area contributed by atoms with Crippen LogP contribution in [0.3, 0.4) is 0 Å². The van der Waals surface area contributed by atoms with Crippen molar-refractivity contribution in [3.05, 3.63) is 75.5 Å². The molecule has 158 valence electrons. The van der Waals surface area contributed by atoms with Crippen molar-refractivity contribution >= 4 is 34.3 Å². The molecule has 0 aliphatic heterocycles. The van der Waals surface area contributed by atoms with Crippen LogP contribution in [0, 0.1) is 18.3 Å². The van der Waals surface area contributed by atoms with Gasteiger partial charge in [0.15, 0.2) is 5.49 Å². The Morgan fingerprint density at radius 1 is 1.42 bits per heavy atom. The number of nitriles is 1. The molecule has 3 aromatic rings. The first-order valence-corrected chi connectivity index (χ1v) is 11.0. The Balaban J connectivity index is 2.32. The lowest BCUT2D eigenvalue weighted by atomic mass is 10.2. The van der Waals surface area contributed by atoms with Gasteiger partial charge < -0.3 is 4.57 Å². The monoisotopic (exact) mass is 433 g/mol. The summed E-state index contributed by atoms with van der Waals surface area (Å²) in [7, 11) is 0. The Labute approximate surface area is 184 Å². The number of nitrogens with zero attached hydrogens (tertiary/aromatic N) is 5. The van der Waals surface area contributed by atoms with Gasteiger partial charge in [-0.1, -0.05) is 38.1 Å². The molecule has 0 aromatic carbocycles. The number of amides is 1. The van der Waals surface area contributed by atoms with Gasteiger partial charge in [0.2, 0.25) is 0 Å². The smallest absolute Gasteiger partial charge is 0.267 e. The van der Waals surface area contributed by atoms with Crippen LogP contribution in [0.2, 0.25) is 0 Å². The fraction of sp³-hybridized carbons (Fsp3) is 0.261. The molecule has 0 unspecified atom stereocenters. The topological polar surface area (TPSA) is 92.5 Å². The minimum absolute atomic E-state index is 0.133. The van der Waals surface area contributed by atoms with E-state index in [9.17, 15) is 14.9 Å². The maximum Gasteiger partial charge on any atom is 0.267 e. The van der Waals surface area contributed by atoms with Crippen LogP contribution < -0.4 is 11.0 Å². The van der Waals surface area contributed by atoms with E-state index in [4.69, 9.17) is 4.98 Å². The van der Waals surface area contributed by atoms with Crippen LogP contribution in [0.25, 0.3) is 16.7 Å². The number of hydrogen-bond acceptors (Lipinski definition) is 5. The fourth-order valence-electron chi connectivity index (χ4n) is 3.20. The largest absolute Gasteiger partial charge is 0.309 e. The number of allylic oxidation sites excluding steroid dienone is 2. The number of carbonyl (C=O) groups excluding carboxylic acids is 1. The van der Waals surface area contributed by atoms with Crippen LogP contribution in [0.4, 0.5) is 0 Å². The predicted octanol–water partition coefficient (Wildman–Crippen LogP) is 3.49. The SMILES string of the molecule is C=C/C=C\SCC(=O)N=c1c(C#N)cc2c(=O)n3cccc(C)c3nc2n1CCCC. The summed E-state index contributed by atoms with van der Waals surface area (Å²) in [6.45, 7) is 8.01. The van der Waals surface area contributed by atoms with Crippen molar-refractivity contribution in [3.8, 4) is 6.07 Å². The molecule has 1 amide bonds. The second-order valence-electron chi connectivity index (χ2n) is 6.92. The van der Waals surface area contributed by atoms with Crippen molar-refractivity contribution in [2.45, 2.75) is 33.2 Å². The van der Waals surface area contributed by atoms with Gasteiger partial charge >= 0.3 is 0 Å². The second kappa shape index (κ2) is 10.0. The summed E-state index contributed by atoms with van der Waals surface area (Å²) < 4.78 is 3.21. The fourth-order valence-corrected chi connectivity index (χ4v) is 3.72. The first-order valence-electron chi connectivity index (χ1n) is 9.94. The van der Waals surface area contributed by atoms with Gasteiger partial charge in [-0.05, 0) is 36.4 Å². The van der Waals surface area contributed by atoms with Crippen LogP contribution in [-0.4, -0.2) is 25.6 Å². The first-order chi connectivity index (χ1) is 15.0. The standard InChI is InChI=1S/C23H23N5O2S/c1-4-6-10-27-21(25-19(29)15-31-12-7-5-2)17(14-24)13-18-22(27)26-20-16(3)9-8-11-28(20)23(18)30/h5,7-9,11-13H,2,4,6,10,15H2,1,3H3/b12-7-,25-21?. The normalized spacial score (nSPS) is 12.0. The lowest BCUT2D eigenvalue weighted by Crippen LogP contribution is -2.30. The molecule has 0 spiro atoms. The van der Waals surface area contributed by atoms with E-state index in [1.54, 1.807) is 34.4 Å². The highest BCUT2D eigenvalue weighted by molar-refractivity contribution is 8.02. The molecular weight excluding hydrogens is 410 g/mol. The first kappa shape index (κ1) is 22.2. The highest BCUT2D eigenvalue weighted by Crippen LogP contribution is 2.13. The molecule has 0 saturated heterocycles. The number of rotatable bonds is 7. The third-order valence-corrected chi connectivity index (χ3v) is 5.47. The number of fused-ring (bicyclic) bond motifs is 2. The summed E-state index contributed by atoms with van der Waals surface area (Å²) in [5.41, 5.74) is 1.98. The van der Waals surface area contributed by atoms with E-state index in [1.165, 1.54) is 22.2 Å². The van der Waals surface area contributed by atoms with Crippen LogP contribution in [-0.2, 0) is 11.3 Å². The molecular formula is C23H23N5O2S. The van der Waals surface area contributed by atoms with Gasteiger partial charge in [-0.2, -0.15) is 10.3 Å². The number of aromatic nitrogens is 3. The molecule has 7 nitrogen and oxygen atoms in total. The number of thioether (sulfide) groups is 1. The Morgan fingerprint density at radius 3 is 2.94 bits per heavy atom.